The first-order valence-electron chi connectivity index (χ1n) is 14.1. The number of aromatic hydroxyl groups is 1. The molecule has 1 fully saturated rings. The summed E-state index contributed by atoms with van der Waals surface area (Å²) in [6.07, 6.45) is 3.45. The number of imide groups is 1. The van der Waals surface area contributed by atoms with Crippen molar-refractivity contribution in [2.75, 3.05) is 6.54 Å². The van der Waals surface area contributed by atoms with E-state index in [0.717, 1.165) is 16.0 Å². The van der Waals surface area contributed by atoms with Gasteiger partial charge in [-0.3, -0.25) is 28.9 Å². The second-order valence-corrected chi connectivity index (χ2v) is 12.1. The van der Waals surface area contributed by atoms with E-state index in [9.17, 15) is 29.1 Å². The Morgan fingerprint density at radius 3 is 2.51 bits per heavy atom. The lowest BCUT2D eigenvalue weighted by atomic mass is 9.59. The predicted octanol–water partition coefficient (Wildman–Crippen LogP) is 4.60. The highest BCUT2D eigenvalue weighted by Crippen LogP contribution is 2.56. The number of hydrogen-bond acceptors (Lipinski definition) is 7. The fourth-order valence-electron chi connectivity index (χ4n) is 6.83. The quantitative estimate of drug-likeness (QED) is 0.241. The molecule has 0 bridgehead atoms. The van der Waals surface area contributed by atoms with Crippen molar-refractivity contribution in [3.05, 3.63) is 93.0 Å². The number of fused-ring (bicyclic) bond motifs is 3. The lowest BCUT2D eigenvalue weighted by Crippen LogP contribution is -2.39. The Morgan fingerprint density at radius 1 is 1.02 bits per heavy atom. The number of hydrogen-bond donors (Lipinski definition) is 2. The standard InChI is InChI=1S/C33H28BrNO8/c34-24-15-26(37)30-23(31(24)40)14-22-19(10-11-21-29(22)33(42)35(32(21)41)12-4-7-27(38)39)28(30)20-9-8-18(13-25(20)36)43-16-17-5-2-1-3-6-17/h1-3,5-6,8-10,13,15,21-22,28-29,36H,4,7,11-12,14,16H2,(H,38,39)/t21-,22+,28+,29-/m0/s1. The first kappa shape index (κ1) is 28.8. The molecule has 4 aliphatic rings. The Labute approximate surface area is 255 Å². The third-order valence-electron chi connectivity index (χ3n) is 8.76. The first-order valence-corrected chi connectivity index (χ1v) is 14.9. The van der Waals surface area contributed by atoms with Crippen LogP contribution in [0.3, 0.4) is 0 Å². The van der Waals surface area contributed by atoms with Crippen LogP contribution >= 0.6 is 15.9 Å². The van der Waals surface area contributed by atoms with Gasteiger partial charge in [-0.25, -0.2) is 0 Å². The molecule has 3 aliphatic carbocycles. The molecule has 1 saturated heterocycles. The Kier molecular flexibility index (Phi) is 7.64. The van der Waals surface area contributed by atoms with Crippen LogP contribution in [0.2, 0.25) is 0 Å². The number of carboxylic acid groups (broad SMARTS) is 1. The van der Waals surface area contributed by atoms with Gasteiger partial charge in [0.05, 0.1) is 16.3 Å². The third kappa shape index (κ3) is 5.14. The Balaban J connectivity index is 1.36. The summed E-state index contributed by atoms with van der Waals surface area (Å²) < 4.78 is 5.99. The number of phenols is 1. The molecular weight excluding hydrogens is 618 g/mol. The van der Waals surface area contributed by atoms with E-state index in [2.05, 4.69) is 15.9 Å². The minimum Gasteiger partial charge on any atom is -0.507 e. The van der Waals surface area contributed by atoms with Crippen LogP contribution < -0.4 is 4.74 Å². The first-order chi connectivity index (χ1) is 20.7. The number of ketones is 2. The molecule has 220 valence electrons. The molecule has 1 aliphatic heterocycles. The average molecular weight is 646 g/mol. The van der Waals surface area contributed by atoms with Gasteiger partial charge in [0.1, 0.15) is 18.1 Å². The number of benzene rings is 2. The fraction of sp³-hybridized carbons (Fsp3) is 0.303. The van der Waals surface area contributed by atoms with Crippen LogP contribution in [0.1, 0.15) is 42.7 Å². The van der Waals surface area contributed by atoms with Crippen LogP contribution in [0.15, 0.2) is 81.9 Å². The highest BCUT2D eigenvalue weighted by molar-refractivity contribution is 9.12. The molecule has 43 heavy (non-hydrogen) atoms. The maximum Gasteiger partial charge on any atom is 0.303 e. The summed E-state index contributed by atoms with van der Waals surface area (Å²) in [4.78, 5) is 65.9. The van der Waals surface area contributed by atoms with Crippen LogP contribution in [0.5, 0.6) is 11.5 Å². The summed E-state index contributed by atoms with van der Waals surface area (Å²) in [6, 6.07) is 14.4. The Bertz CT molecular complexity index is 1660. The van der Waals surface area contributed by atoms with Crippen molar-refractivity contribution in [2.45, 2.75) is 38.2 Å². The molecule has 2 amide bonds. The molecule has 0 aromatic heterocycles. The molecule has 0 radical (unpaired) electrons. The van der Waals surface area contributed by atoms with E-state index >= 15 is 0 Å². The number of ether oxygens (including phenoxy) is 1. The molecule has 4 atom stereocenters. The smallest absolute Gasteiger partial charge is 0.303 e. The van der Waals surface area contributed by atoms with Gasteiger partial charge in [0.2, 0.25) is 11.8 Å². The second kappa shape index (κ2) is 11.4. The molecule has 6 rings (SSSR count). The van der Waals surface area contributed by atoms with E-state index in [1.165, 1.54) is 12.1 Å². The van der Waals surface area contributed by atoms with Gasteiger partial charge < -0.3 is 14.9 Å². The molecule has 10 heteroatoms. The van der Waals surface area contributed by atoms with Crippen molar-refractivity contribution in [1.29, 1.82) is 0 Å². The van der Waals surface area contributed by atoms with E-state index in [-0.39, 0.29) is 71.1 Å². The second-order valence-electron chi connectivity index (χ2n) is 11.2. The highest BCUT2D eigenvalue weighted by atomic mass is 79.9. The number of halogens is 1. The zero-order valence-corrected chi connectivity index (χ0v) is 24.6. The zero-order chi connectivity index (χ0) is 30.4. The van der Waals surface area contributed by atoms with Crippen molar-refractivity contribution in [2.24, 2.45) is 17.8 Å². The number of aliphatic carboxylic acids is 1. The third-order valence-corrected chi connectivity index (χ3v) is 9.35. The van der Waals surface area contributed by atoms with Crippen molar-refractivity contribution in [1.82, 2.24) is 4.90 Å². The van der Waals surface area contributed by atoms with Crippen LogP contribution in [0, 0.1) is 17.8 Å². The number of Topliss-reactive ketones (excluding diaryl/α,β-unsaturated/α-hetero) is 1. The van der Waals surface area contributed by atoms with Gasteiger partial charge in [0.25, 0.3) is 0 Å². The summed E-state index contributed by atoms with van der Waals surface area (Å²) in [5, 5.41) is 20.3. The van der Waals surface area contributed by atoms with E-state index in [1.54, 1.807) is 12.1 Å². The van der Waals surface area contributed by atoms with Crippen LogP contribution in [-0.2, 0) is 30.6 Å². The van der Waals surface area contributed by atoms with Crippen LogP contribution in [0.25, 0.3) is 0 Å². The minimum absolute atomic E-state index is 0.00727. The van der Waals surface area contributed by atoms with Gasteiger partial charge in [-0.2, -0.15) is 0 Å². The van der Waals surface area contributed by atoms with Gasteiger partial charge in [-0.05, 0) is 52.7 Å². The summed E-state index contributed by atoms with van der Waals surface area (Å²) in [5.74, 6) is -4.90. The molecule has 0 unspecified atom stereocenters. The number of likely N-dealkylation sites (tertiary alicyclic amines) is 1. The Hall–Kier alpha value is -4.31. The number of nitrogens with zero attached hydrogens (tertiary/aromatic N) is 1. The highest BCUT2D eigenvalue weighted by Gasteiger charge is 2.56. The number of carbonyl (C=O) groups is 5. The largest absolute Gasteiger partial charge is 0.507 e. The summed E-state index contributed by atoms with van der Waals surface area (Å²) >= 11 is 3.21. The number of carboxylic acids is 1. The van der Waals surface area contributed by atoms with Gasteiger partial charge in [0.15, 0.2) is 11.6 Å². The molecule has 1 heterocycles. The summed E-state index contributed by atoms with van der Waals surface area (Å²) in [7, 11) is 0. The zero-order valence-electron chi connectivity index (χ0n) is 23.0. The van der Waals surface area contributed by atoms with E-state index in [1.807, 2.05) is 36.4 Å². The van der Waals surface area contributed by atoms with E-state index in [4.69, 9.17) is 9.84 Å². The number of amides is 2. The Morgan fingerprint density at radius 2 is 1.79 bits per heavy atom. The summed E-state index contributed by atoms with van der Waals surface area (Å²) in [5.41, 5.74) is 2.60. The van der Waals surface area contributed by atoms with E-state index < -0.39 is 35.5 Å². The average Bonchev–Trinajstić information content (AvgIpc) is 3.23. The van der Waals surface area contributed by atoms with Crippen LogP contribution in [0.4, 0.5) is 0 Å². The normalized spacial score (nSPS) is 24.7. The topological polar surface area (TPSA) is 138 Å². The molecule has 0 spiro atoms. The van der Waals surface area contributed by atoms with E-state index in [0.29, 0.717) is 17.9 Å². The van der Waals surface area contributed by atoms with Crippen molar-refractivity contribution in [3.8, 4) is 11.5 Å². The minimum atomic E-state index is -1.01. The number of rotatable bonds is 8. The number of allylic oxidation sites excluding steroid dienone is 6. The SMILES string of the molecule is O=C(O)CCCN1C(=O)[C@H]2[C@H](CC=C3[C@H](c4ccc(OCc5ccccc5)cc4O)C4=C(C[C@H]32)C(=O)C(Br)=CC4=O)C1=O. The molecule has 2 N–H and O–H groups in total. The monoisotopic (exact) mass is 645 g/mol. The summed E-state index contributed by atoms with van der Waals surface area (Å²) in [6.45, 7) is 0.299. The number of carbonyl (C=O) groups excluding carboxylic acids is 4. The van der Waals surface area contributed by atoms with Crippen LogP contribution in [-0.4, -0.2) is 51.0 Å². The van der Waals surface area contributed by atoms with Crippen molar-refractivity contribution < 1.29 is 38.9 Å². The van der Waals surface area contributed by atoms with Gasteiger partial charge in [0, 0.05) is 47.7 Å². The molecular formula is C33H28BrNO8. The maximum atomic E-state index is 13.7. The lowest BCUT2D eigenvalue weighted by Gasteiger charge is -2.42. The van der Waals surface area contributed by atoms with Crippen molar-refractivity contribution in [3.63, 3.8) is 0 Å². The molecule has 9 nitrogen and oxygen atoms in total. The number of phenolic OH excluding ortho intramolecular Hbond substituents is 1. The predicted molar refractivity (Wildman–Crippen MR) is 157 cm³/mol. The molecule has 2 aromatic carbocycles. The van der Waals surface area contributed by atoms with Gasteiger partial charge in [-0.15, -0.1) is 0 Å². The lowest BCUT2D eigenvalue weighted by molar-refractivity contribution is -0.142. The fourth-order valence-corrected chi connectivity index (χ4v) is 7.28. The van der Waals surface area contributed by atoms with Gasteiger partial charge in [-0.1, -0.05) is 48.0 Å². The molecule has 0 saturated carbocycles. The molecule has 2 aromatic rings. The maximum absolute atomic E-state index is 13.7. The van der Waals surface area contributed by atoms with Gasteiger partial charge >= 0.3 is 5.97 Å². The van der Waals surface area contributed by atoms with Crippen molar-refractivity contribution >= 4 is 45.3 Å².